The molecule has 5 heteroatoms. The molecular formula is C10H15Cl4Zr. The molecule has 0 spiro atoms. The van der Waals surface area contributed by atoms with Crippen molar-refractivity contribution in [2.75, 3.05) is 0 Å². The number of halogens is 4. The normalized spacial score (nSPS) is 16.0. The van der Waals surface area contributed by atoms with Gasteiger partial charge in [0.15, 0.2) is 0 Å². The summed E-state index contributed by atoms with van der Waals surface area (Å²) in [7, 11) is 20.1. The summed E-state index contributed by atoms with van der Waals surface area (Å²) in [5.74, 6) is 1.50. The van der Waals surface area contributed by atoms with E-state index in [2.05, 4.69) is 32.1 Å². The maximum atomic E-state index is 5.04. The van der Waals surface area contributed by atoms with Crippen molar-refractivity contribution in [2.45, 2.75) is 33.1 Å². The van der Waals surface area contributed by atoms with E-state index in [4.69, 9.17) is 34.1 Å². The fourth-order valence-electron chi connectivity index (χ4n) is 1.16. The van der Waals surface area contributed by atoms with E-state index in [1.54, 1.807) is 0 Å². The molecular weight excluding hydrogens is 353 g/mol. The first-order chi connectivity index (χ1) is 6.83. The van der Waals surface area contributed by atoms with Gasteiger partial charge in [-0.25, -0.2) is 0 Å². The van der Waals surface area contributed by atoms with Gasteiger partial charge in [-0.3, -0.25) is 0 Å². The summed E-state index contributed by atoms with van der Waals surface area (Å²) in [4.78, 5) is 0. The van der Waals surface area contributed by atoms with Crippen molar-refractivity contribution in [1.29, 1.82) is 0 Å². The molecule has 1 aliphatic carbocycles. The van der Waals surface area contributed by atoms with Crippen molar-refractivity contribution < 1.29 is 15.5 Å². The fraction of sp³-hybridized carbons (Fsp3) is 0.500. The first kappa shape index (κ1) is 16.5. The van der Waals surface area contributed by atoms with Gasteiger partial charge in [0, 0.05) is 5.92 Å². The molecule has 0 saturated carbocycles. The molecule has 0 fully saturated rings. The molecule has 1 aliphatic rings. The molecule has 0 bridgehead atoms. The van der Waals surface area contributed by atoms with Crippen molar-refractivity contribution in [3.63, 3.8) is 0 Å². The molecule has 0 saturated heterocycles. The monoisotopic (exact) mass is 365 g/mol. The summed E-state index contributed by atoms with van der Waals surface area (Å²) in [6.07, 6.45) is 10.6. The van der Waals surface area contributed by atoms with Gasteiger partial charge in [-0.1, -0.05) is 43.6 Å². The second kappa shape index (κ2) is 8.59. The Hall–Kier alpha value is 1.52. The zero-order valence-electron chi connectivity index (χ0n) is 8.87. The summed E-state index contributed by atoms with van der Waals surface area (Å²) in [6.45, 7) is 4.38. The molecule has 0 heterocycles. The van der Waals surface area contributed by atoms with Crippen molar-refractivity contribution in [3.05, 3.63) is 29.7 Å². The zero-order chi connectivity index (χ0) is 11.9. The molecule has 0 aromatic heterocycles. The van der Waals surface area contributed by atoms with Crippen LogP contribution in [0.5, 0.6) is 0 Å². The van der Waals surface area contributed by atoms with Gasteiger partial charge in [0.1, 0.15) is 0 Å². The van der Waals surface area contributed by atoms with Gasteiger partial charge in [-0.15, -0.1) is 0 Å². The molecule has 0 N–H and O–H groups in total. The second-order valence-electron chi connectivity index (χ2n) is 3.33. The number of allylic oxidation sites excluding steroid dienone is 4. The van der Waals surface area contributed by atoms with Crippen LogP contribution in [-0.4, -0.2) is 0 Å². The molecule has 0 nitrogen and oxygen atoms in total. The van der Waals surface area contributed by atoms with E-state index in [1.807, 2.05) is 0 Å². The third-order valence-electron chi connectivity index (χ3n) is 1.79. The third kappa shape index (κ3) is 13.5. The third-order valence-corrected chi connectivity index (χ3v) is 1.79. The number of rotatable bonds is 3. The van der Waals surface area contributed by atoms with E-state index in [0.717, 1.165) is 0 Å². The van der Waals surface area contributed by atoms with Crippen LogP contribution in [0.2, 0.25) is 0 Å². The van der Waals surface area contributed by atoms with Crippen molar-refractivity contribution in [2.24, 2.45) is 0 Å². The molecule has 1 rings (SSSR count). The van der Waals surface area contributed by atoms with Crippen LogP contribution < -0.4 is 0 Å². The number of hydrogen-bond donors (Lipinski definition) is 0. The topological polar surface area (TPSA) is 0 Å². The van der Waals surface area contributed by atoms with Crippen LogP contribution in [-0.2, 0) is 15.5 Å². The van der Waals surface area contributed by atoms with Crippen LogP contribution in [0.3, 0.4) is 0 Å². The fourth-order valence-corrected chi connectivity index (χ4v) is 1.16. The predicted octanol–water partition coefficient (Wildman–Crippen LogP) is 6.02. The number of hydrogen-bond acceptors (Lipinski definition) is 0. The average Bonchev–Trinajstić information content (AvgIpc) is 2.45. The van der Waals surface area contributed by atoms with Crippen LogP contribution in [0.15, 0.2) is 23.8 Å². The van der Waals surface area contributed by atoms with Crippen LogP contribution in [0, 0.1) is 5.92 Å². The van der Waals surface area contributed by atoms with Crippen LogP contribution in [0.25, 0.3) is 0 Å². The molecule has 1 radical (unpaired) electrons. The molecule has 87 valence electrons. The summed E-state index contributed by atoms with van der Waals surface area (Å²) in [5.41, 5.74) is 1.39. The summed E-state index contributed by atoms with van der Waals surface area (Å²) in [6, 6.07) is 0. The van der Waals surface area contributed by atoms with E-state index in [0.29, 0.717) is 0 Å². The van der Waals surface area contributed by atoms with E-state index in [-0.39, 0.29) is 0 Å². The van der Waals surface area contributed by atoms with Gasteiger partial charge in [-0.2, -0.15) is 0 Å². The van der Waals surface area contributed by atoms with Crippen molar-refractivity contribution in [3.8, 4) is 0 Å². The number of unbranched alkanes of at least 4 members (excludes halogenated alkanes) is 1. The van der Waals surface area contributed by atoms with E-state index in [9.17, 15) is 0 Å². The van der Waals surface area contributed by atoms with Gasteiger partial charge in [0.25, 0.3) is 0 Å². The standard InChI is InChI=1S/C10H15.4ClH.Zr/c1-3-4-5-10-7-6-9(2)8-10;;;;;/h6-8H,3-5H2,1-2H3;4*1H;/q;;;;;+4/p-4. The Labute approximate surface area is 111 Å². The molecule has 0 aromatic rings. The van der Waals surface area contributed by atoms with Crippen molar-refractivity contribution in [1.82, 2.24) is 0 Å². The minimum absolute atomic E-state index is 1.25. The van der Waals surface area contributed by atoms with Crippen LogP contribution in [0.1, 0.15) is 33.1 Å². The van der Waals surface area contributed by atoms with Gasteiger partial charge < -0.3 is 0 Å². The Morgan fingerprint density at radius 2 is 1.67 bits per heavy atom. The van der Waals surface area contributed by atoms with E-state index < -0.39 is 15.5 Å². The molecule has 0 atom stereocenters. The Morgan fingerprint density at radius 1 is 1.13 bits per heavy atom. The summed E-state index contributed by atoms with van der Waals surface area (Å²) in [5, 5.41) is 0. The van der Waals surface area contributed by atoms with Crippen LogP contribution >= 0.6 is 34.1 Å². The first-order valence-corrected chi connectivity index (χ1v) is 17.5. The summed E-state index contributed by atoms with van der Waals surface area (Å²) >= 11 is -3.29. The predicted molar refractivity (Wildman–Crippen MR) is 69.1 cm³/mol. The van der Waals surface area contributed by atoms with Gasteiger partial charge in [0.2, 0.25) is 0 Å². The Bertz CT molecular complexity index is 224. The maximum absolute atomic E-state index is 5.04. The molecule has 15 heavy (non-hydrogen) atoms. The van der Waals surface area contributed by atoms with E-state index >= 15 is 0 Å². The minimum atomic E-state index is -3.29. The molecule has 0 aromatic carbocycles. The summed E-state index contributed by atoms with van der Waals surface area (Å²) < 4.78 is 0. The van der Waals surface area contributed by atoms with Crippen LogP contribution in [0.4, 0.5) is 0 Å². The molecule has 0 unspecified atom stereocenters. The molecule has 0 amide bonds. The molecule has 0 aliphatic heterocycles. The quantitative estimate of drug-likeness (QED) is 0.571. The van der Waals surface area contributed by atoms with Gasteiger partial charge >= 0.3 is 49.5 Å². The van der Waals surface area contributed by atoms with Gasteiger partial charge in [0.05, 0.1) is 0 Å². The van der Waals surface area contributed by atoms with Crippen molar-refractivity contribution >= 4 is 34.1 Å². The first-order valence-electron chi connectivity index (χ1n) is 4.80. The Morgan fingerprint density at radius 3 is 2.00 bits per heavy atom. The van der Waals surface area contributed by atoms with Gasteiger partial charge in [-0.05, 0) is 13.3 Å². The average molecular weight is 368 g/mol. The Kier molecular flexibility index (Phi) is 9.46. The second-order valence-corrected chi connectivity index (χ2v) is 25.7. The zero-order valence-corrected chi connectivity index (χ0v) is 14.3. The van der Waals surface area contributed by atoms with E-state index in [1.165, 1.54) is 30.8 Å². The Balaban J connectivity index is 0.000000336. The SMILES string of the molecule is CCCC[C]1C=CC(C)=C1.[Cl][Zr]([Cl])([Cl])[Cl].